The lowest BCUT2D eigenvalue weighted by Crippen LogP contribution is -2.48. The van der Waals surface area contributed by atoms with Gasteiger partial charge in [-0.2, -0.15) is 0 Å². The molecule has 0 bridgehead atoms. The van der Waals surface area contributed by atoms with E-state index in [2.05, 4.69) is 19.2 Å². The largest absolute Gasteiger partial charge is 0.481 e. The van der Waals surface area contributed by atoms with Crippen molar-refractivity contribution in [3.05, 3.63) is 0 Å². The zero-order chi connectivity index (χ0) is 13.1. The number of carbonyl (C=O) groups is 2. The van der Waals surface area contributed by atoms with Crippen molar-refractivity contribution in [1.82, 2.24) is 10.2 Å². The Morgan fingerprint density at radius 3 is 2.59 bits per heavy atom. The van der Waals surface area contributed by atoms with E-state index in [9.17, 15) is 9.59 Å². The number of likely N-dealkylation sites (tertiary alicyclic amines) is 1. The molecule has 0 saturated carbocycles. The van der Waals surface area contributed by atoms with Gasteiger partial charge >= 0.3 is 12.0 Å². The maximum absolute atomic E-state index is 11.9. The predicted octanol–water partition coefficient (Wildman–Crippen LogP) is 1.68. The summed E-state index contributed by atoms with van der Waals surface area (Å²) in [5.41, 5.74) is -0.0832. The Kier molecular flexibility index (Phi) is 4.37. The van der Waals surface area contributed by atoms with Gasteiger partial charge in [-0.3, -0.25) is 4.79 Å². The van der Waals surface area contributed by atoms with E-state index in [1.807, 2.05) is 11.8 Å². The topological polar surface area (TPSA) is 69.6 Å². The zero-order valence-corrected chi connectivity index (χ0v) is 10.8. The highest BCUT2D eigenvalue weighted by atomic mass is 16.4. The number of carboxylic acids is 1. The van der Waals surface area contributed by atoms with Gasteiger partial charge in [0.1, 0.15) is 0 Å². The first-order valence-corrected chi connectivity index (χ1v) is 6.10. The van der Waals surface area contributed by atoms with E-state index in [4.69, 9.17) is 5.11 Å². The van der Waals surface area contributed by atoms with Gasteiger partial charge < -0.3 is 15.3 Å². The molecule has 98 valence electrons. The molecule has 5 nitrogen and oxygen atoms in total. The van der Waals surface area contributed by atoms with Gasteiger partial charge in [-0.05, 0) is 32.6 Å². The second-order valence-corrected chi connectivity index (χ2v) is 5.46. The minimum absolute atomic E-state index is 0.0397. The van der Waals surface area contributed by atoms with Crippen molar-refractivity contribution < 1.29 is 14.7 Å². The Morgan fingerprint density at radius 1 is 1.47 bits per heavy atom. The third-order valence-electron chi connectivity index (χ3n) is 3.27. The van der Waals surface area contributed by atoms with Crippen LogP contribution < -0.4 is 5.32 Å². The molecular formula is C12H22N2O3. The third kappa shape index (κ3) is 3.91. The Bertz CT molecular complexity index is 302. The van der Waals surface area contributed by atoms with Gasteiger partial charge in [0.05, 0.1) is 0 Å². The second-order valence-electron chi connectivity index (χ2n) is 5.46. The molecule has 0 aliphatic carbocycles. The molecule has 0 radical (unpaired) electrons. The highest BCUT2D eigenvalue weighted by Gasteiger charge is 2.35. The molecule has 1 rings (SSSR count). The van der Waals surface area contributed by atoms with Gasteiger partial charge in [-0.1, -0.05) is 6.92 Å². The normalized spacial score (nSPS) is 20.1. The molecule has 1 unspecified atom stereocenters. The second kappa shape index (κ2) is 5.38. The molecule has 0 aromatic rings. The zero-order valence-electron chi connectivity index (χ0n) is 10.8. The minimum Gasteiger partial charge on any atom is -0.481 e. The Morgan fingerprint density at radius 2 is 2.12 bits per heavy atom. The summed E-state index contributed by atoms with van der Waals surface area (Å²) < 4.78 is 0. The fourth-order valence-electron chi connectivity index (χ4n) is 2.21. The van der Waals surface area contributed by atoms with Crippen LogP contribution in [0.5, 0.6) is 0 Å². The number of hydrogen-bond acceptors (Lipinski definition) is 2. The highest BCUT2D eigenvalue weighted by molar-refractivity contribution is 5.75. The predicted molar refractivity (Wildman–Crippen MR) is 64.8 cm³/mol. The van der Waals surface area contributed by atoms with Crippen LogP contribution in [-0.4, -0.2) is 40.6 Å². The summed E-state index contributed by atoms with van der Waals surface area (Å²) in [7, 11) is 0. The summed E-state index contributed by atoms with van der Waals surface area (Å²) in [4.78, 5) is 24.2. The SMILES string of the molecule is CC(CNC(=O)N1CCCC1(C)C)CC(=O)O. The number of urea groups is 1. The van der Waals surface area contributed by atoms with Crippen molar-refractivity contribution in [2.24, 2.45) is 5.92 Å². The summed E-state index contributed by atoms with van der Waals surface area (Å²) in [6.45, 7) is 7.13. The molecule has 2 N–H and O–H groups in total. The molecule has 1 heterocycles. The standard InChI is InChI=1S/C12H22N2O3/c1-9(7-10(15)16)8-13-11(17)14-6-4-5-12(14,2)3/h9H,4-8H2,1-3H3,(H,13,17)(H,15,16). The van der Waals surface area contributed by atoms with Gasteiger partial charge in [0.25, 0.3) is 0 Å². The molecule has 1 aliphatic rings. The number of carbonyl (C=O) groups excluding carboxylic acids is 1. The van der Waals surface area contributed by atoms with E-state index in [1.54, 1.807) is 0 Å². The van der Waals surface area contributed by atoms with Crippen LogP contribution >= 0.6 is 0 Å². The van der Waals surface area contributed by atoms with Gasteiger partial charge in [-0.15, -0.1) is 0 Å². The van der Waals surface area contributed by atoms with E-state index in [0.717, 1.165) is 19.4 Å². The molecular weight excluding hydrogens is 220 g/mol. The number of aliphatic carboxylic acids is 1. The van der Waals surface area contributed by atoms with Crippen LogP contribution in [0, 0.1) is 5.92 Å². The van der Waals surface area contributed by atoms with Crippen LogP contribution in [0.25, 0.3) is 0 Å². The quantitative estimate of drug-likeness (QED) is 0.788. The van der Waals surface area contributed by atoms with Crippen LogP contribution in [0.15, 0.2) is 0 Å². The molecule has 1 atom stereocenters. The molecule has 5 heteroatoms. The van der Waals surface area contributed by atoms with E-state index in [1.165, 1.54) is 0 Å². The average Bonchev–Trinajstić information content (AvgIpc) is 2.53. The number of carboxylic acid groups (broad SMARTS) is 1. The number of hydrogen-bond donors (Lipinski definition) is 2. The fourth-order valence-corrected chi connectivity index (χ4v) is 2.21. The van der Waals surface area contributed by atoms with Gasteiger partial charge in [-0.25, -0.2) is 4.79 Å². The Hall–Kier alpha value is -1.26. The summed E-state index contributed by atoms with van der Waals surface area (Å²) in [5, 5.41) is 11.4. The lowest BCUT2D eigenvalue weighted by molar-refractivity contribution is -0.137. The maximum atomic E-state index is 11.9. The molecule has 0 aromatic heterocycles. The van der Waals surface area contributed by atoms with Crippen molar-refractivity contribution in [3.63, 3.8) is 0 Å². The first-order valence-electron chi connectivity index (χ1n) is 6.10. The van der Waals surface area contributed by atoms with Gasteiger partial charge in [0.2, 0.25) is 0 Å². The van der Waals surface area contributed by atoms with Gasteiger partial charge in [0, 0.05) is 25.0 Å². The first-order chi connectivity index (χ1) is 7.83. The smallest absolute Gasteiger partial charge is 0.317 e. The molecule has 0 aromatic carbocycles. The van der Waals surface area contributed by atoms with Crippen molar-refractivity contribution in [3.8, 4) is 0 Å². The van der Waals surface area contributed by atoms with Crippen LogP contribution in [-0.2, 0) is 4.79 Å². The van der Waals surface area contributed by atoms with Crippen molar-refractivity contribution in [2.75, 3.05) is 13.1 Å². The monoisotopic (exact) mass is 242 g/mol. The summed E-state index contributed by atoms with van der Waals surface area (Å²) in [6, 6.07) is -0.0789. The lowest BCUT2D eigenvalue weighted by atomic mass is 10.0. The number of amides is 2. The molecule has 2 amide bonds. The van der Waals surface area contributed by atoms with Crippen molar-refractivity contribution in [1.29, 1.82) is 0 Å². The molecule has 1 saturated heterocycles. The van der Waals surface area contributed by atoms with Crippen LogP contribution in [0.1, 0.15) is 40.0 Å². The number of nitrogens with zero attached hydrogens (tertiary/aromatic N) is 1. The molecule has 1 aliphatic heterocycles. The highest BCUT2D eigenvalue weighted by Crippen LogP contribution is 2.27. The van der Waals surface area contributed by atoms with Crippen molar-refractivity contribution >= 4 is 12.0 Å². The van der Waals surface area contributed by atoms with E-state index < -0.39 is 5.97 Å². The molecule has 0 spiro atoms. The molecule has 17 heavy (non-hydrogen) atoms. The minimum atomic E-state index is -0.826. The Labute approximate surface area is 102 Å². The average molecular weight is 242 g/mol. The Balaban J connectivity index is 2.37. The first kappa shape index (κ1) is 13.8. The van der Waals surface area contributed by atoms with Crippen LogP contribution in [0.2, 0.25) is 0 Å². The summed E-state index contributed by atoms with van der Waals surface area (Å²) in [6.07, 6.45) is 2.14. The maximum Gasteiger partial charge on any atom is 0.317 e. The number of nitrogens with one attached hydrogen (secondary N) is 1. The molecule has 1 fully saturated rings. The number of rotatable bonds is 4. The van der Waals surface area contributed by atoms with E-state index >= 15 is 0 Å². The fraction of sp³-hybridized carbons (Fsp3) is 0.833. The third-order valence-corrected chi connectivity index (χ3v) is 3.27. The van der Waals surface area contributed by atoms with E-state index in [0.29, 0.717) is 6.54 Å². The van der Waals surface area contributed by atoms with Gasteiger partial charge in [0.15, 0.2) is 0 Å². The van der Waals surface area contributed by atoms with Crippen LogP contribution in [0.3, 0.4) is 0 Å². The summed E-state index contributed by atoms with van der Waals surface area (Å²) >= 11 is 0. The summed E-state index contributed by atoms with van der Waals surface area (Å²) in [5.74, 6) is -0.865. The van der Waals surface area contributed by atoms with Crippen molar-refractivity contribution in [2.45, 2.75) is 45.6 Å². The van der Waals surface area contributed by atoms with Crippen LogP contribution in [0.4, 0.5) is 4.79 Å². The lowest BCUT2D eigenvalue weighted by Gasteiger charge is -2.32. The van der Waals surface area contributed by atoms with E-state index in [-0.39, 0.29) is 23.9 Å².